The van der Waals surface area contributed by atoms with E-state index >= 15 is 0 Å². The maximum atomic E-state index is 2.84. The number of hydrogen-bond acceptors (Lipinski definition) is 0. The number of rotatable bonds is 7. The molecule has 2 saturated carbocycles. The maximum Gasteiger partial charge on any atom is 0.0446 e. The van der Waals surface area contributed by atoms with Gasteiger partial charge in [0.15, 0.2) is 0 Å². The Kier molecular flexibility index (Phi) is 7.07. The van der Waals surface area contributed by atoms with Crippen LogP contribution >= 0.6 is 0 Å². The van der Waals surface area contributed by atoms with Crippen LogP contribution < -0.4 is 0 Å². The van der Waals surface area contributed by atoms with Crippen LogP contribution in [0.5, 0.6) is 0 Å². The summed E-state index contributed by atoms with van der Waals surface area (Å²) in [6.07, 6.45) is 9.55. The minimum Gasteiger partial charge on any atom is -0.0711 e. The van der Waals surface area contributed by atoms with Crippen LogP contribution in [0.3, 0.4) is 0 Å². The fourth-order valence-corrected chi connectivity index (χ4v) is 24.4. The van der Waals surface area contributed by atoms with Gasteiger partial charge in [0, 0.05) is 31.3 Å². The fourth-order valence-electron chi connectivity index (χ4n) is 6.62. The summed E-state index contributed by atoms with van der Waals surface area (Å²) >= 11 is 0. The summed E-state index contributed by atoms with van der Waals surface area (Å²) in [6.45, 7) is 26.9. The molecule has 0 bridgehead atoms. The quantitative estimate of drug-likeness (QED) is 0.358. The van der Waals surface area contributed by atoms with Crippen LogP contribution in [0.15, 0.2) is 0 Å². The van der Waals surface area contributed by atoms with Gasteiger partial charge >= 0.3 is 0 Å². The van der Waals surface area contributed by atoms with Crippen molar-refractivity contribution in [2.24, 2.45) is 11.8 Å². The molecule has 0 N–H and O–H groups in total. The highest BCUT2D eigenvalue weighted by Gasteiger charge is 2.53. The Morgan fingerprint density at radius 1 is 0.500 bits per heavy atom. The molecule has 2 fully saturated rings. The molecule has 0 heterocycles. The van der Waals surface area contributed by atoms with Crippen molar-refractivity contribution in [3.63, 3.8) is 0 Å². The number of hydrogen-bond donors (Lipinski definition) is 0. The molecule has 0 amide bonds. The lowest BCUT2D eigenvalue weighted by Crippen LogP contribution is -2.59. The van der Waals surface area contributed by atoms with Crippen LogP contribution in [0.25, 0.3) is 0 Å². The van der Waals surface area contributed by atoms with Crippen molar-refractivity contribution >= 4 is 31.3 Å². The van der Waals surface area contributed by atoms with Gasteiger partial charge in [-0.1, -0.05) is 116 Å². The lowest BCUT2D eigenvalue weighted by atomic mass is 10.1. The summed E-state index contributed by atoms with van der Waals surface area (Å²) < 4.78 is 0. The third-order valence-corrected chi connectivity index (χ3v) is 33.1. The van der Waals surface area contributed by atoms with E-state index in [1.807, 2.05) is 0 Å². The van der Waals surface area contributed by atoms with Gasteiger partial charge in [-0.2, -0.15) is 0 Å². The van der Waals surface area contributed by atoms with Crippen molar-refractivity contribution in [3.8, 4) is 0 Å². The first-order chi connectivity index (χ1) is 11.6. The van der Waals surface area contributed by atoms with Crippen molar-refractivity contribution in [1.29, 1.82) is 0 Å². The topological polar surface area (TPSA) is 0 Å². The Labute approximate surface area is 170 Å². The second kappa shape index (κ2) is 7.95. The zero-order valence-electron chi connectivity index (χ0n) is 20.0. The van der Waals surface area contributed by atoms with Crippen molar-refractivity contribution in [2.75, 3.05) is 0 Å². The average Bonchev–Trinajstić information content (AvgIpc) is 3.04. The Morgan fingerprint density at radius 2 is 0.808 bits per heavy atom. The van der Waals surface area contributed by atoms with Crippen molar-refractivity contribution < 1.29 is 0 Å². The fraction of sp³-hybridized carbons (Fsp3) is 1.00. The minimum atomic E-state index is -1.10. The molecule has 0 radical (unpaired) electrons. The molecular formula is C22H50Si4. The van der Waals surface area contributed by atoms with E-state index in [0.29, 0.717) is 0 Å². The van der Waals surface area contributed by atoms with Crippen LogP contribution in [0, 0.1) is 11.8 Å². The highest BCUT2D eigenvalue weighted by molar-refractivity contribution is 7.41. The van der Waals surface area contributed by atoms with Gasteiger partial charge in [-0.15, -0.1) is 0 Å². The van der Waals surface area contributed by atoms with Gasteiger partial charge in [-0.05, 0) is 22.9 Å². The molecule has 2 aliphatic rings. The van der Waals surface area contributed by atoms with E-state index < -0.39 is 31.3 Å². The lowest BCUT2D eigenvalue weighted by Gasteiger charge is -2.47. The lowest BCUT2D eigenvalue weighted by molar-refractivity contribution is 0.598. The third-order valence-electron chi connectivity index (χ3n) is 8.59. The maximum absolute atomic E-state index is 2.84. The largest absolute Gasteiger partial charge is 0.0711 e. The van der Waals surface area contributed by atoms with Crippen LogP contribution in [0.1, 0.15) is 38.5 Å². The molecule has 0 aromatic carbocycles. The molecule has 26 heavy (non-hydrogen) atoms. The van der Waals surface area contributed by atoms with Gasteiger partial charge in [0.2, 0.25) is 0 Å². The summed E-state index contributed by atoms with van der Waals surface area (Å²) in [7, 11) is -3.97. The molecule has 0 aliphatic heterocycles. The molecule has 4 atom stereocenters. The van der Waals surface area contributed by atoms with E-state index in [0.717, 1.165) is 22.9 Å². The molecule has 154 valence electrons. The van der Waals surface area contributed by atoms with Crippen LogP contribution in [0.4, 0.5) is 0 Å². The Bertz CT molecular complexity index is 426. The van der Waals surface area contributed by atoms with Crippen LogP contribution in [0.2, 0.25) is 88.6 Å². The molecule has 4 unspecified atom stereocenters. The molecule has 0 nitrogen and oxygen atoms in total. The zero-order valence-corrected chi connectivity index (χ0v) is 24.0. The zero-order chi connectivity index (χ0) is 20.0. The molecule has 2 aliphatic carbocycles. The molecular weight excluding hydrogens is 377 g/mol. The third kappa shape index (κ3) is 5.70. The van der Waals surface area contributed by atoms with E-state index in [4.69, 9.17) is 0 Å². The standard InChI is InChI=1S/C22H50Si4/c1-23(2,3)17-19-11-13-21(15-19)25(7,8)26(9,10)22-14-12-20(16-22)18-24(4,5)6/h19-22H,11-18H2,1-10H3. The Balaban J connectivity index is 2.01. The molecule has 4 heteroatoms. The van der Waals surface area contributed by atoms with E-state index in [2.05, 4.69) is 65.5 Å². The van der Waals surface area contributed by atoms with E-state index in [9.17, 15) is 0 Å². The van der Waals surface area contributed by atoms with Crippen molar-refractivity contribution in [2.45, 2.75) is 127 Å². The van der Waals surface area contributed by atoms with Gasteiger partial charge in [-0.25, -0.2) is 0 Å². The minimum absolute atomic E-state index is 0.884. The first-order valence-electron chi connectivity index (χ1n) is 11.6. The monoisotopic (exact) mass is 426 g/mol. The van der Waals surface area contributed by atoms with Gasteiger partial charge in [-0.3, -0.25) is 0 Å². The van der Waals surface area contributed by atoms with Crippen molar-refractivity contribution in [1.82, 2.24) is 0 Å². The molecule has 0 aromatic heterocycles. The van der Waals surface area contributed by atoms with Gasteiger partial charge < -0.3 is 0 Å². The normalized spacial score (nSPS) is 31.6. The molecule has 0 saturated heterocycles. The van der Waals surface area contributed by atoms with Crippen LogP contribution in [-0.2, 0) is 0 Å². The van der Waals surface area contributed by atoms with Crippen molar-refractivity contribution in [3.05, 3.63) is 0 Å². The van der Waals surface area contributed by atoms with Crippen LogP contribution in [-0.4, -0.2) is 31.3 Å². The second-order valence-electron chi connectivity index (χ2n) is 13.7. The predicted octanol–water partition coefficient (Wildman–Crippen LogP) is 8.50. The molecule has 2 rings (SSSR count). The van der Waals surface area contributed by atoms with E-state index in [-0.39, 0.29) is 0 Å². The smallest absolute Gasteiger partial charge is 0.0446 e. The summed E-state index contributed by atoms with van der Waals surface area (Å²) in [5.74, 6) is 2.18. The Morgan fingerprint density at radius 3 is 1.08 bits per heavy atom. The first kappa shape index (κ1) is 23.1. The Hall–Kier alpha value is 0.868. The highest BCUT2D eigenvalue weighted by Crippen LogP contribution is 2.54. The molecule has 0 spiro atoms. The predicted molar refractivity (Wildman–Crippen MR) is 133 cm³/mol. The SMILES string of the molecule is C[Si](C)(C)CC1CCC([Si](C)(C)[Si](C)(C)C2CCC(C[Si](C)(C)C)C2)C1. The summed E-state index contributed by atoms with van der Waals surface area (Å²) in [5.41, 5.74) is 2.31. The summed E-state index contributed by atoms with van der Waals surface area (Å²) in [5, 5.41) is 0. The average molecular weight is 427 g/mol. The highest BCUT2D eigenvalue weighted by atomic mass is 29.3. The van der Waals surface area contributed by atoms with Gasteiger partial charge in [0.1, 0.15) is 0 Å². The second-order valence-corrected chi connectivity index (χ2v) is 41.0. The summed E-state index contributed by atoms with van der Waals surface area (Å²) in [4.78, 5) is 0. The summed E-state index contributed by atoms with van der Waals surface area (Å²) in [6, 6.07) is 3.19. The van der Waals surface area contributed by atoms with E-state index in [1.54, 1.807) is 50.6 Å². The van der Waals surface area contributed by atoms with Gasteiger partial charge in [0.05, 0.1) is 0 Å². The molecule has 0 aromatic rings. The first-order valence-corrected chi connectivity index (χ1v) is 26.2. The van der Waals surface area contributed by atoms with Gasteiger partial charge in [0.25, 0.3) is 0 Å². The van der Waals surface area contributed by atoms with E-state index in [1.165, 1.54) is 0 Å².